The van der Waals surface area contributed by atoms with E-state index in [0.29, 0.717) is 0 Å². The molecule has 0 atom stereocenters. The zero-order chi connectivity index (χ0) is 34.6. The van der Waals surface area contributed by atoms with Crippen molar-refractivity contribution in [3.63, 3.8) is 0 Å². The number of hydrogen-bond donors (Lipinski definition) is 0. The standard InChI is InChI=1S/C49H35N3/c1-33-40(17-11-29-50-33)44-31-36(21-22-37(44)30-34-12-3-2-4-13-34)35-23-25-38(26-24-35)51-48-20-10-7-16-43(48)45-32-39(27-28-49(45)51)52-46-18-8-5-14-41(46)42-15-6-9-19-47(42)52/h2-29,31-32H,30H2,1H3. The summed E-state index contributed by atoms with van der Waals surface area (Å²) in [5.41, 5.74) is 15.6. The van der Waals surface area contributed by atoms with Crippen LogP contribution < -0.4 is 0 Å². The van der Waals surface area contributed by atoms with Crippen molar-refractivity contribution in [2.24, 2.45) is 0 Å². The fourth-order valence-electron chi connectivity index (χ4n) is 8.13. The number of aryl methyl sites for hydroxylation is 1. The smallest absolute Gasteiger partial charge is 0.0542 e. The topological polar surface area (TPSA) is 22.8 Å². The number of fused-ring (bicyclic) bond motifs is 6. The molecular formula is C49H35N3. The Bertz CT molecular complexity index is 2870. The lowest BCUT2D eigenvalue weighted by atomic mass is 9.91. The normalized spacial score (nSPS) is 11.6. The quantitative estimate of drug-likeness (QED) is 0.173. The predicted octanol–water partition coefficient (Wildman–Crippen LogP) is 12.5. The third kappa shape index (κ3) is 4.93. The molecule has 0 aliphatic rings. The molecule has 0 saturated heterocycles. The molecule has 246 valence electrons. The van der Waals surface area contributed by atoms with Crippen LogP contribution in [0, 0.1) is 6.92 Å². The van der Waals surface area contributed by atoms with Gasteiger partial charge in [0.2, 0.25) is 0 Å². The van der Waals surface area contributed by atoms with Crippen molar-refractivity contribution in [3.8, 4) is 33.6 Å². The monoisotopic (exact) mass is 665 g/mol. The van der Waals surface area contributed by atoms with Crippen molar-refractivity contribution in [3.05, 3.63) is 199 Å². The minimum absolute atomic E-state index is 0.871. The lowest BCUT2D eigenvalue weighted by Crippen LogP contribution is -1.97. The Morgan fingerprint density at radius 3 is 1.65 bits per heavy atom. The molecule has 3 nitrogen and oxygen atoms in total. The number of benzene rings is 7. The van der Waals surface area contributed by atoms with Crippen LogP contribution in [0.2, 0.25) is 0 Å². The molecule has 0 amide bonds. The Kier molecular flexibility index (Phi) is 7.10. The molecule has 3 aromatic heterocycles. The highest BCUT2D eigenvalue weighted by Gasteiger charge is 2.17. The molecule has 0 saturated carbocycles. The molecule has 0 unspecified atom stereocenters. The van der Waals surface area contributed by atoms with Crippen LogP contribution in [-0.2, 0) is 6.42 Å². The highest BCUT2D eigenvalue weighted by atomic mass is 15.0. The van der Waals surface area contributed by atoms with E-state index in [0.717, 1.165) is 17.8 Å². The number of nitrogens with zero attached hydrogens (tertiary/aromatic N) is 3. The molecule has 10 aromatic rings. The third-order valence-electron chi connectivity index (χ3n) is 10.6. The van der Waals surface area contributed by atoms with Crippen LogP contribution in [0.4, 0.5) is 0 Å². The molecular weight excluding hydrogens is 631 g/mol. The lowest BCUT2D eigenvalue weighted by molar-refractivity contribution is 1.16. The Morgan fingerprint density at radius 2 is 0.981 bits per heavy atom. The molecule has 3 heterocycles. The van der Waals surface area contributed by atoms with Crippen LogP contribution >= 0.6 is 0 Å². The van der Waals surface area contributed by atoms with Gasteiger partial charge in [0, 0.05) is 50.4 Å². The number of para-hydroxylation sites is 3. The Morgan fingerprint density at radius 1 is 0.423 bits per heavy atom. The summed E-state index contributed by atoms with van der Waals surface area (Å²) in [6.07, 6.45) is 2.74. The first-order chi connectivity index (χ1) is 25.7. The van der Waals surface area contributed by atoms with Crippen molar-refractivity contribution in [2.45, 2.75) is 13.3 Å². The molecule has 0 bridgehead atoms. The van der Waals surface area contributed by atoms with Gasteiger partial charge in [0.25, 0.3) is 0 Å². The summed E-state index contributed by atoms with van der Waals surface area (Å²) in [4.78, 5) is 4.64. The summed E-state index contributed by atoms with van der Waals surface area (Å²) >= 11 is 0. The maximum absolute atomic E-state index is 4.64. The van der Waals surface area contributed by atoms with Crippen LogP contribution in [0.3, 0.4) is 0 Å². The van der Waals surface area contributed by atoms with Gasteiger partial charge < -0.3 is 9.13 Å². The molecule has 7 aromatic carbocycles. The van der Waals surface area contributed by atoms with Gasteiger partial charge in [0.1, 0.15) is 0 Å². The van der Waals surface area contributed by atoms with Crippen molar-refractivity contribution in [2.75, 3.05) is 0 Å². The maximum Gasteiger partial charge on any atom is 0.0542 e. The Labute approximate surface area is 302 Å². The SMILES string of the molecule is Cc1ncccc1-c1cc(-c2ccc(-n3c4ccccc4c4cc(-n5c6ccccc6c6ccccc65)ccc43)cc2)ccc1Cc1ccccc1. The fourth-order valence-corrected chi connectivity index (χ4v) is 8.13. The van der Waals surface area contributed by atoms with Gasteiger partial charge in [-0.2, -0.15) is 0 Å². The van der Waals surface area contributed by atoms with E-state index in [1.807, 2.05) is 12.3 Å². The zero-order valence-electron chi connectivity index (χ0n) is 28.9. The van der Waals surface area contributed by atoms with Crippen LogP contribution in [0.5, 0.6) is 0 Å². The molecule has 0 N–H and O–H groups in total. The largest absolute Gasteiger partial charge is 0.309 e. The maximum atomic E-state index is 4.64. The minimum Gasteiger partial charge on any atom is -0.309 e. The average Bonchev–Trinajstić information content (AvgIpc) is 3.71. The molecule has 52 heavy (non-hydrogen) atoms. The first-order valence-corrected chi connectivity index (χ1v) is 17.9. The van der Waals surface area contributed by atoms with Gasteiger partial charge >= 0.3 is 0 Å². The van der Waals surface area contributed by atoms with Crippen molar-refractivity contribution in [1.82, 2.24) is 14.1 Å². The summed E-state index contributed by atoms with van der Waals surface area (Å²) in [5, 5.41) is 5.03. The molecule has 0 aliphatic carbocycles. The third-order valence-corrected chi connectivity index (χ3v) is 10.6. The van der Waals surface area contributed by atoms with Crippen LogP contribution in [0.1, 0.15) is 16.8 Å². The van der Waals surface area contributed by atoms with E-state index < -0.39 is 0 Å². The summed E-state index contributed by atoms with van der Waals surface area (Å²) in [7, 11) is 0. The summed E-state index contributed by atoms with van der Waals surface area (Å²) in [6, 6.07) is 64.0. The van der Waals surface area contributed by atoms with Crippen molar-refractivity contribution in [1.29, 1.82) is 0 Å². The minimum atomic E-state index is 0.871. The number of rotatable bonds is 6. The molecule has 10 rings (SSSR count). The van der Waals surface area contributed by atoms with E-state index in [4.69, 9.17) is 0 Å². The second kappa shape index (κ2) is 12.3. The van der Waals surface area contributed by atoms with Gasteiger partial charge in [0.15, 0.2) is 0 Å². The highest BCUT2D eigenvalue weighted by Crippen LogP contribution is 2.38. The van der Waals surface area contributed by atoms with Gasteiger partial charge in [-0.25, -0.2) is 0 Å². The van der Waals surface area contributed by atoms with Gasteiger partial charge in [-0.1, -0.05) is 115 Å². The zero-order valence-corrected chi connectivity index (χ0v) is 28.9. The average molecular weight is 666 g/mol. The first-order valence-electron chi connectivity index (χ1n) is 17.9. The molecule has 3 heteroatoms. The number of pyridine rings is 1. The van der Waals surface area contributed by atoms with Gasteiger partial charge in [-0.15, -0.1) is 0 Å². The van der Waals surface area contributed by atoms with E-state index >= 15 is 0 Å². The molecule has 0 fully saturated rings. The highest BCUT2D eigenvalue weighted by molar-refractivity contribution is 6.12. The summed E-state index contributed by atoms with van der Waals surface area (Å²) in [6.45, 7) is 2.10. The summed E-state index contributed by atoms with van der Waals surface area (Å²) < 4.78 is 4.80. The van der Waals surface area contributed by atoms with E-state index in [9.17, 15) is 0 Å². The van der Waals surface area contributed by atoms with Crippen LogP contribution in [-0.4, -0.2) is 14.1 Å². The van der Waals surface area contributed by atoms with E-state index in [-0.39, 0.29) is 0 Å². The molecule has 0 aliphatic heterocycles. The van der Waals surface area contributed by atoms with E-state index in [2.05, 4.69) is 191 Å². The predicted molar refractivity (Wildman–Crippen MR) is 218 cm³/mol. The summed E-state index contributed by atoms with van der Waals surface area (Å²) in [5.74, 6) is 0. The second-order valence-electron chi connectivity index (χ2n) is 13.6. The first kappa shape index (κ1) is 30.1. The second-order valence-corrected chi connectivity index (χ2v) is 13.6. The van der Waals surface area contributed by atoms with Crippen LogP contribution in [0.25, 0.3) is 77.2 Å². The van der Waals surface area contributed by atoms with Crippen molar-refractivity contribution >= 4 is 43.6 Å². The Hall–Kier alpha value is -6.71. The van der Waals surface area contributed by atoms with E-state index in [1.165, 1.54) is 82.7 Å². The van der Waals surface area contributed by atoms with Gasteiger partial charge in [-0.3, -0.25) is 4.98 Å². The number of aromatic nitrogens is 3. The molecule has 0 spiro atoms. The van der Waals surface area contributed by atoms with Gasteiger partial charge in [-0.05, 0) is 102 Å². The van der Waals surface area contributed by atoms with E-state index in [1.54, 1.807) is 0 Å². The Balaban J connectivity index is 1.07. The lowest BCUT2D eigenvalue weighted by Gasteiger charge is -2.15. The number of hydrogen-bond acceptors (Lipinski definition) is 1. The van der Waals surface area contributed by atoms with Crippen LogP contribution in [0.15, 0.2) is 182 Å². The van der Waals surface area contributed by atoms with Gasteiger partial charge in [0.05, 0.1) is 22.1 Å². The molecule has 0 radical (unpaired) electrons. The fraction of sp³-hybridized carbons (Fsp3) is 0.0408. The van der Waals surface area contributed by atoms with Crippen molar-refractivity contribution < 1.29 is 0 Å².